The zero-order valence-corrected chi connectivity index (χ0v) is 11.2. The molecule has 0 aliphatic rings. The van der Waals surface area contributed by atoms with Gasteiger partial charge in [-0.1, -0.05) is 0 Å². The van der Waals surface area contributed by atoms with Crippen LogP contribution in [0.4, 0.5) is 5.69 Å². The molecule has 0 bridgehead atoms. The van der Waals surface area contributed by atoms with Crippen LogP contribution in [0, 0.1) is 0 Å². The quantitative estimate of drug-likeness (QED) is 0.680. The summed E-state index contributed by atoms with van der Waals surface area (Å²) in [7, 11) is -0.152. The van der Waals surface area contributed by atoms with Crippen molar-refractivity contribution in [3.8, 4) is 0 Å². The molecule has 0 heterocycles. The number of hydrogen-bond acceptors (Lipinski definition) is 4. The molecule has 0 unspecified atom stereocenters. The van der Waals surface area contributed by atoms with Crippen molar-refractivity contribution in [2.75, 3.05) is 31.7 Å². The predicted molar refractivity (Wildman–Crippen MR) is 71.2 cm³/mol. The lowest BCUT2D eigenvalue weighted by Gasteiger charge is -2.06. The fourth-order valence-corrected chi connectivity index (χ4v) is 1.87. The first kappa shape index (κ1) is 14.5. The number of rotatable bonds is 6. The maximum Gasteiger partial charge on any atom is 0.251 e. The van der Waals surface area contributed by atoms with Gasteiger partial charge < -0.3 is 10.6 Å². The molecule has 1 rings (SSSR count). The lowest BCUT2D eigenvalue weighted by molar-refractivity contribution is 0.0956. The van der Waals surface area contributed by atoms with Crippen molar-refractivity contribution in [2.45, 2.75) is 0 Å². The van der Waals surface area contributed by atoms with Crippen LogP contribution in [0.3, 0.4) is 0 Å². The van der Waals surface area contributed by atoms with Gasteiger partial charge in [-0.3, -0.25) is 4.79 Å². The lowest BCUT2D eigenvalue weighted by atomic mass is 10.2. The average molecular weight is 271 g/mol. The molecule has 0 aromatic heterocycles. The fraction of sp³-hybridized carbons (Fsp3) is 0.364. The average Bonchev–Trinajstić information content (AvgIpc) is 2.38. The normalized spacial score (nSPS) is 11.0. The van der Waals surface area contributed by atoms with Crippen LogP contribution in [-0.4, -0.2) is 40.7 Å². The van der Waals surface area contributed by atoms with Crippen molar-refractivity contribution >= 4 is 21.6 Å². The van der Waals surface area contributed by atoms with E-state index in [0.29, 0.717) is 5.56 Å². The van der Waals surface area contributed by atoms with E-state index in [0.717, 1.165) is 5.69 Å². The Labute approximate surface area is 107 Å². The number of hydrogen-bond donors (Lipinski definition) is 3. The zero-order chi connectivity index (χ0) is 13.6. The Kier molecular flexibility index (Phi) is 5.11. The van der Waals surface area contributed by atoms with Gasteiger partial charge in [0.05, 0.1) is 5.75 Å². The van der Waals surface area contributed by atoms with E-state index in [1.54, 1.807) is 31.3 Å². The maximum atomic E-state index is 11.7. The summed E-state index contributed by atoms with van der Waals surface area (Å²) in [6, 6.07) is 6.90. The molecule has 0 fully saturated rings. The van der Waals surface area contributed by atoms with E-state index in [1.165, 1.54) is 7.05 Å². The molecule has 1 aromatic carbocycles. The van der Waals surface area contributed by atoms with Crippen LogP contribution < -0.4 is 15.4 Å². The van der Waals surface area contributed by atoms with Crippen LogP contribution in [0.15, 0.2) is 24.3 Å². The van der Waals surface area contributed by atoms with Crippen molar-refractivity contribution in [1.82, 2.24) is 10.0 Å². The SMILES string of the molecule is CNc1ccc(C(=O)NCCS(=O)(=O)NC)cc1. The molecule has 100 valence electrons. The molecular formula is C11H17N3O3S. The Balaban J connectivity index is 2.50. The number of nitrogens with one attached hydrogen (secondary N) is 3. The molecule has 0 aliphatic carbocycles. The van der Waals surface area contributed by atoms with Gasteiger partial charge in [-0.2, -0.15) is 0 Å². The first-order valence-corrected chi connectivity index (χ1v) is 7.11. The van der Waals surface area contributed by atoms with E-state index in [1.807, 2.05) is 0 Å². The molecule has 0 aliphatic heterocycles. The van der Waals surface area contributed by atoms with Crippen molar-refractivity contribution < 1.29 is 13.2 Å². The summed E-state index contributed by atoms with van der Waals surface area (Å²) in [5, 5.41) is 5.49. The third-order valence-electron chi connectivity index (χ3n) is 2.40. The van der Waals surface area contributed by atoms with Crippen LogP contribution in [0.1, 0.15) is 10.4 Å². The highest BCUT2D eigenvalue weighted by Gasteiger charge is 2.09. The van der Waals surface area contributed by atoms with Crippen molar-refractivity contribution in [2.24, 2.45) is 0 Å². The van der Waals surface area contributed by atoms with E-state index in [-0.39, 0.29) is 18.2 Å². The summed E-state index contributed by atoms with van der Waals surface area (Å²) in [6.07, 6.45) is 0. The monoisotopic (exact) mass is 271 g/mol. The standard InChI is InChI=1S/C11H17N3O3S/c1-12-10-5-3-9(4-6-10)11(15)14-7-8-18(16,17)13-2/h3-6,12-13H,7-8H2,1-2H3,(H,14,15). The highest BCUT2D eigenvalue weighted by atomic mass is 32.2. The minimum Gasteiger partial charge on any atom is -0.388 e. The molecule has 6 nitrogen and oxygen atoms in total. The highest BCUT2D eigenvalue weighted by Crippen LogP contribution is 2.08. The number of amides is 1. The van der Waals surface area contributed by atoms with Crippen LogP contribution in [-0.2, 0) is 10.0 Å². The van der Waals surface area contributed by atoms with Gasteiger partial charge in [0.15, 0.2) is 0 Å². The van der Waals surface area contributed by atoms with E-state index >= 15 is 0 Å². The van der Waals surface area contributed by atoms with Gasteiger partial charge >= 0.3 is 0 Å². The van der Waals surface area contributed by atoms with Gasteiger partial charge in [-0.05, 0) is 31.3 Å². The summed E-state index contributed by atoms with van der Waals surface area (Å²) in [5.41, 5.74) is 1.40. The van der Waals surface area contributed by atoms with E-state index in [4.69, 9.17) is 0 Å². The van der Waals surface area contributed by atoms with Crippen LogP contribution >= 0.6 is 0 Å². The molecule has 18 heavy (non-hydrogen) atoms. The van der Waals surface area contributed by atoms with Gasteiger partial charge in [0.25, 0.3) is 5.91 Å². The summed E-state index contributed by atoms with van der Waals surface area (Å²) in [5.74, 6) is -0.423. The van der Waals surface area contributed by atoms with Gasteiger partial charge in [0.2, 0.25) is 10.0 Å². The molecule has 7 heteroatoms. The van der Waals surface area contributed by atoms with Crippen molar-refractivity contribution in [1.29, 1.82) is 0 Å². The first-order valence-electron chi connectivity index (χ1n) is 5.46. The maximum absolute atomic E-state index is 11.7. The number of benzene rings is 1. The summed E-state index contributed by atoms with van der Waals surface area (Å²) in [6.45, 7) is 0.0792. The van der Waals surface area contributed by atoms with E-state index in [9.17, 15) is 13.2 Å². The molecule has 0 atom stereocenters. The molecule has 0 spiro atoms. The van der Waals surface area contributed by atoms with E-state index in [2.05, 4.69) is 15.4 Å². The molecular weight excluding hydrogens is 254 g/mol. The predicted octanol–water partition coefficient (Wildman–Crippen LogP) is 0.00730. The minimum atomic E-state index is -3.28. The Morgan fingerprint density at radius 2 is 1.78 bits per heavy atom. The third kappa shape index (κ3) is 4.34. The molecule has 3 N–H and O–H groups in total. The smallest absolute Gasteiger partial charge is 0.251 e. The number of carbonyl (C=O) groups is 1. The van der Waals surface area contributed by atoms with Gasteiger partial charge in [0, 0.05) is 24.8 Å². The summed E-state index contributed by atoms with van der Waals surface area (Å²) < 4.78 is 24.4. The van der Waals surface area contributed by atoms with Crippen LogP contribution in [0.5, 0.6) is 0 Å². The molecule has 0 saturated heterocycles. The van der Waals surface area contributed by atoms with Crippen LogP contribution in [0.25, 0.3) is 0 Å². The second-order valence-electron chi connectivity index (χ2n) is 3.61. The van der Waals surface area contributed by atoms with Crippen molar-refractivity contribution in [3.05, 3.63) is 29.8 Å². The fourth-order valence-electron chi connectivity index (χ4n) is 1.29. The van der Waals surface area contributed by atoms with Gasteiger partial charge in [-0.25, -0.2) is 13.1 Å². The largest absolute Gasteiger partial charge is 0.388 e. The highest BCUT2D eigenvalue weighted by molar-refractivity contribution is 7.89. The first-order chi connectivity index (χ1) is 8.48. The van der Waals surface area contributed by atoms with Gasteiger partial charge in [-0.15, -0.1) is 0 Å². The minimum absolute atomic E-state index is 0.0792. The molecule has 0 radical (unpaired) electrons. The Hall–Kier alpha value is -1.60. The summed E-state index contributed by atoms with van der Waals surface area (Å²) >= 11 is 0. The molecule has 0 saturated carbocycles. The topological polar surface area (TPSA) is 87.3 Å². The molecule has 1 amide bonds. The second kappa shape index (κ2) is 6.36. The number of sulfonamides is 1. The number of carbonyl (C=O) groups excluding carboxylic acids is 1. The third-order valence-corrected chi connectivity index (χ3v) is 3.77. The number of anilines is 1. The van der Waals surface area contributed by atoms with Gasteiger partial charge in [0.1, 0.15) is 0 Å². The Morgan fingerprint density at radius 3 is 2.28 bits per heavy atom. The Bertz CT molecular complexity index is 497. The van der Waals surface area contributed by atoms with E-state index < -0.39 is 10.0 Å². The van der Waals surface area contributed by atoms with Crippen LogP contribution in [0.2, 0.25) is 0 Å². The molecule has 1 aromatic rings. The lowest BCUT2D eigenvalue weighted by Crippen LogP contribution is -2.32. The zero-order valence-electron chi connectivity index (χ0n) is 10.4. The Morgan fingerprint density at radius 1 is 1.17 bits per heavy atom. The van der Waals surface area contributed by atoms with Crippen molar-refractivity contribution in [3.63, 3.8) is 0 Å². The summed E-state index contributed by atoms with van der Waals surface area (Å²) in [4.78, 5) is 11.7. The second-order valence-corrected chi connectivity index (χ2v) is 5.65.